The van der Waals surface area contributed by atoms with E-state index >= 15 is 4.39 Å². The van der Waals surface area contributed by atoms with Gasteiger partial charge in [-0.05, 0) is 50.7 Å². The summed E-state index contributed by atoms with van der Waals surface area (Å²) in [6.07, 6.45) is 3.62. The summed E-state index contributed by atoms with van der Waals surface area (Å²) in [7, 11) is 1.21. The molecule has 0 bridgehead atoms. The highest BCUT2D eigenvalue weighted by atomic mass is 35.5. The van der Waals surface area contributed by atoms with Crippen LogP contribution < -0.4 is 0 Å². The van der Waals surface area contributed by atoms with Crippen LogP contribution in [-0.2, 0) is 28.7 Å². The number of hydrogen-bond donors (Lipinski definition) is 1. The maximum absolute atomic E-state index is 17.3. The Balaban J connectivity index is 1.76. The van der Waals surface area contributed by atoms with Gasteiger partial charge in [0.1, 0.15) is 0 Å². The molecule has 4 aliphatic rings. The molecular weight excluding hydrogens is 491 g/mol. The average molecular weight is 525 g/mol. The molecule has 0 saturated heterocycles. The molecule has 0 unspecified atom stereocenters. The molecule has 0 heterocycles. The molecule has 0 amide bonds. The van der Waals surface area contributed by atoms with E-state index < -0.39 is 63.6 Å². The van der Waals surface area contributed by atoms with E-state index in [0.29, 0.717) is 24.8 Å². The molecule has 3 fully saturated rings. The maximum atomic E-state index is 17.3. The molecule has 3 saturated carbocycles. The van der Waals surface area contributed by atoms with Crippen LogP contribution in [0.3, 0.4) is 0 Å². The van der Waals surface area contributed by atoms with Crippen LogP contribution in [0.15, 0.2) is 23.8 Å². The third kappa shape index (κ3) is 3.46. The first-order chi connectivity index (χ1) is 16.8. The Morgan fingerprint density at radius 1 is 1.19 bits per heavy atom. The molecule has 0 aromatic heterocycles. The van der Waals surface area contributed by atoms with Crippen molar-refractivity contribution in [2.45, 2.75) is 76.7 Å². The first kappa shape index (κ1) is 27.0. The molecule has 8 atom stereocenters. The topological polar surface area (TPSA) is 107 Å². The summed E-state index contributed by atoms with van der Waals surface area (Å²) in [6.45, 7) is 5.31. The highest BCUT2D eigenvalue weighted by Gasteiger charge is 2.77. The minimum atomic E-state index is -2.06. The summed E-state index contributed by atoms with van der Waals surface area (Å²) in [6, 6.07) is 0. The number of aliphatic hydroxyl groups excluding tert-OH is 1. The molecule has 0 spiro atoms. The number of alkyl halides is 2. The van der Waals surface area contributed by atoms with E-state index in [9.17, 15) is 24.3 Å². The van der Waals surface area contributed by atoms with Crippen molar-refractivity contribution in [3.05, 3.63) is 23.8 Å². The number of methoxy groups -OCH3 is 1. The lowest BCUT2D eigenvalue weighted by Crippen LogP contribution is -2.70. The van der Waals surface area contributed by atoms with Crippen LogP contribution in [0.2, 0.25) is 0 Å². The summed E-state index contributed by atoms with van der Waals surface area (Å²) in [5.74, 6) is -3.91. The normalized spacial score (nSPS) is 43.1. The Kier molecular flexibility index (Phi) is 6.78. The standard InChI is InChI=1S/C27H34ClFO7/c1-15-11-19-18-6-5-16-12-17(30)9-10-24(16,2)26(18,29)20(31)13-25(19,3)27(15,21(32)14-28)36-23(34)8-7-22(33)35-4/h9-10,12,15,18-20,31H,5-8,11,13-14H2,1-4H3/t15-,18+,19+,20+,24+,25+,26+,27+/m1/s1. The smallest absolute Gasteiger partial charge is 0.307 e. The number of carbonyl (C=O) groups is 4. The second kappa shape index (κ2) is 9.05. The van der Waals surface area contributed by atoms with Gasteiger partial charge in [-0.3, -0.25) is 19.2 Å². The number of ether oxygens (including phenoxy) is 2. The van der Waals surface area contributed by atoms with Gasteiger partial charge in [0.2, 0.25) is 0 Å². The monoisotopic (exact) mass is 524 g/mol. The predicted molar refractivity (Wildman–Crippen MR) is 129 cm³/mol. The lowest BCUT2D eigenvalue weighted by molar-refractivity contribution is -0.227. The predicted octanol–water partition coefficient (Wildman–Crippen LogP) is 3.65. The Bertz CT molecular complexity index is 1050. The van der Waals surface area contributed by atoms with Gasteiger partial charge < -0.3 is 14.6 Å². The number of Topliss-reactive ketones (excluding diaryl/α,β-unsaturated/α-hetero) is 1. The van der Waals surface area contributed by atoms with E-state index in [-0.39, 0.29) is 31.0 Å². The second-order valence-electron chi connectivity index (χ2n) is 11.2. The third-order valence-corrected chi connectivity index (χ3v) is 10.00. The summed E-state index contributed by atoms with van der Waals surface area (Å²) in [4.78, 5) is 49.9. The van der Waals surface area contributed by atoms with Gasteiger partial charge >= 0.3 is 11.9 Å². The minimum Gasteiger partial charge on any atom is -0.469 e. The Morgan fingerprint density at radius 2 is 1.86 bits per heavy atom. The molecular formula is C27H34ClFO7. The number of rotatable bonds is 6. The zero-order chi connectivity index (χ0) is 26.7. The summed E-state index contributed by atoms with van der Waals surface area (Å²) >= 11 is 6.04. The Hall–Kier alpha value is -2.06. The van der Waals surface area contributed by atoms with Crippen LogP contribution in [0.1, 0.15) is 59.3 Å². The molecule has 4 rings (SSSR count). The molecule has 0 radical (unpaired) electrons. The van der Waals surface area contributed by atoms with Crippen molar-refractivity contribution in [1.29, 1.82) is 0 Å². The zero-order valence-electron chi connectivity index (χ0n) is 21.1. The van der Waals surface area contributed by atoms with Crippen LogP contribution in [0.4, 0.5) is 4.39 Å². The lowest BCUT2D eigenvalue weighted by Gasteiger charge is -2.62. The van der Waals surface area contributed by atoms with Gasteiger partial charge in [0, 0.05) is 22.7 Å². The number of fused-ring (bicyclic) bond motifs is 5. The molecule has 0 aliphatic heterocycles. The highest BCUT2D eigenvalue weighted by molar-refractivity contribution is 6.29. The van der Waals surface area contributed by atoms with Crippen molar-refractivity contribution in [3.63, 3.8) is 0 Å². The molecule has 9 heteroatoms. The first-order valence-corrected chi connectivity index (χ1v) is 13.0. The molecule has 1 N–H and O–H groups in total. The Labute approximate surface area is 215 Å². The van der Waals surface area contributed by atoms with Crippen molar-refractivity contribution in [2.24, 2.45) is 28.6 Å². The van der Waals surface area contributed by atoms with E-state index in [1.807, 2.05) is 0 Å². The summed E-state index contributed by atoms with van der Waals surface area (Å²) in [5.41, 5.74) is -5.30. The number of carbonyl (C=O) groups excluding carboxylic acids is 4. The molecule has 0 aromatic carbocycles. The quantitative estimate of drug-likeness (QED) is 0.417. The van der Waals surface area contributed by atoms with Crippen molar-refractivity contribution in [2.75, 3.05) is 13.0 Å². The van der Waals surface area contributed by atoms with Gasteiger partial charge in [0.25, 0.3) is 0 Å². The van der Waals surface area contributed by atoms with Gasteiger partial charge in [-0.1, -0.05) is 25.5 Å². The largest absolute Gasteiger partial charge is 0.469 e. The number of allylic oxidation sites excluding steroid dienone is 4. The van der Waals surface area contributed by atoms with Gasteiger partial charge in [-0.15, -0.1) is 11.6 Å². The lowest BCUT2D eigenvalue weighted by atomic mass is 9.44. The number of halogens is 2. The molecule has 36 heavy (non-hydrogen) atoms. The number of aliphatic hydroxyl groups is 1. The number of esters is 2. The Morgan fingerprint density at radius 3 is 2.50 bits per heavy atom. The third-order valence-electron chi connectivity index (χ3n) is 9.75. The fraction of sp³-hybridized carbons (Fsp3) is 0.704. The zero-order valence-corrected chi connectivity index (χ0v) is 21.9. The van der Waals surface area contributed by atoms with Gasteiger partial charge in [-0.2, -0.15) is 0 Å². The maximum Gasteiger partial charge on any atom is 0.307 e. The van der Waals surface area contributed by atoms with Crippen LogP contribution in [0, 0.1) is 28.6 Å². The minimum absolute atomic E-state index is 0.118. The van der Waals surface area contributed by atoms with Gasteiger partial charge in [0.15, 0.2) is 22.8 Å². The van der Waals surface area contributed by atoms with Crippen molar-refractivity contribution in [1.82, 2.24) is 0 Å². The number of hydrogen-bond acceptors (Lipinski definition) is 7. The van der Waals surface area contributed by atoms with E-state index in [1.165, 1.54) is 19.3 Å². The first-order valence-electron chi connectivity index (χ1n) is 12.5. The van der Waals surface area contributed by atoms with Crippen molar-refractivity contribution >= 4 is 35.1 Å². The fourth-order valence-electron chi connectivity index (χ4n) is 8.03. The molecule has 198 valence electrons. The van der Waals surface area contributed by atoms with Crippen LogP contribution in [-0.4, -0.2) is 59.0 Å². The van der Waals surface area contributed by atoms with E-state index in [4.69, 9.17) is 16.3 Å². The molecule has 4 aliphatic carbocycles. The van der Waals surface area contributed by atoms with E-state index in [1.54, 1.807) is 26.8 Å². The summed E-state index contributed by atoms with van der Waals surface area (Å²) < 4.78 is 27.9. The van der Waals surface area contributed by atoms with Gasteiger partial charge in [0.05, 0.1) is 31.9 Å². The summed E-state index contributed by atoms with van der Waals surface area (Å²) in [5, 5.41) is 11.5. The number of ketones is 2. The average Bonchev–Trinajstić information content (AvgIpc) is 3.05. The highest BCUT2D eigenvalue weighted by Crippen LogP contribution is 2.71. The molecule has 7 nitrogen and oxygen atoms in total. The van der Waals surface area contributed by atoms with E-state index in [0.717, 1.165) is 0 Å². The van der Waals surface area contributed by atoms with Crippen molar-refractivity contribution < 1.29 is 38.1 Å². The molecule has 0 aromatic rings. The SMILES string of the molecule is COC(=O)CCC(=O)O[C@]1(C(=O)CCl)[C@H](C)C[C@H]2[C@@H]3CCC4=CC(=O)C=C[C@]4(C)[C@@]3(F)[C@@H](O)C[C@@]21C. The van der Waals surface area contributed by atoms with Crippen LogP contribution >= 0.6 is 11.6 Å². The van der Waals surface area contributed by atoms with Crippen molar-refractivity contribution in [3.8, 4) is 0 Å². The second-order valence-corrected chi connectivity index (χ2v) is 11.5. The van der Waals surface area contributed by atoms with Gasteiger partial charge in [-0.25, -0.2) is 4.39 Å². The van der Waals surface area contributed by atoms with Crippen LogP contribution in [0.5, 0.6) is 0 Å². The van der Waals surface area contributed by atoms with Crippen LogP contribution in [0.25, 0.3) is 0 Å². The van der Waals surface area contributed by atoms with E-state index in [2.05, 4.69) is 4.74 Å². The fourth-order valence-corrected chi connectivity index (χ4v) is 8.23.